The minimum Gasteiger partial charge on any atom is -0.467 e. The van der Waals surface area contributed by atoms with Gasteiger partial charge in [-0.15, -0.1) is 0 Å². The molecule has 0 bridgehead atoms. The summed E-state index contributed by atoms with van der Waals surface area (Å²) in [4.78, 5) is 10.6. The van der Waals surface area contributed by atoms with E-state index < -0.39 is 0 Å². The van der Waals surface area contributed by atoms with E-state index in [9.17, 15) is 10.1 Å². The number of rotatable bonds is 4. The van der Waals surface area contributed by atoms with Crippen molar-refractivity contribution in [2.24, 2.45) is 0 Å². The highest BCUT2D eigenvalue weighted by molar-refractivity contribution is 5.64. The molecule has 0 aliphatic carbocycles. The van der Waals surface area contributed by atoms with Gasteiger partial charge >= 0.3 is 0 Å². The highest BCUT2D eigenvalue weighted by Gasteiger charge is 2.16. The summed E-state index contributed by atoms with van der Waals surface area (Å²) in [5, 5.41) is 13.9. The summed E-state index contributed by atoms with van der Waals surface area (Å²) in [6, 6.07) is 8.79. The second-order valence-corrected chi connectivity index (χ2v) is 3.66. The van der Waals surface area contributed by atoms with E-state index in [1.54, 1.807) is 37.5 Å². The van der Waals surface area contributed by atoms with Crippen LogP contribution < -0.4 is 5.32 Å². The fourth-order valence-electron chi connectivity index (χ4n) is 1.64. The van der Waals surface area contributed by atoms with Crippen LogP contribution in [0, 0.1) is 17.0 Å². The van der Waals surface area contributed by atoms with Crippen LogP contribution in [0.4, 0.5) is 11.4 Å². The van der Waals surface area contributed by atoms with E-state index >= 15 is 0 Å². The van der Waals surface area contributed by atoms with Crippen molar-refractivity contribution in [2.75, 3.05) is 5.32 Å². The van der Waals surface area contributed by atoms with Gasteiger partial charge in [0, 0.05) is 5.56 Å². The maximum atomic E-state index is 10.9. The van der Waals surface area contributed by atoms with E-state index in [4.69, 9.17) is 4.42 Å². The Bertz CT molecular complexity index is 521. The molecule has 1 heterocycles. The first-order valence-corrected chi connectivity index (χ1v) is 5.19. The van der Waals surface area contributed by atoms with Crippen LogP contribution in [0.15, 0.2) is 41.0 Å². The molecule has 0 radical (unpaired) electrons. The number of nitrogens with zero attached hydrogens (tertiary/aromatic N) is 1. The van der Waals surface area contributed by atoms with Crippen LogP contribution in [0.2, 0.25) is 0 Å². The maximum Gasteiger partial charge on any atom is 0.295 e. The molecule has 0 atom stereocenters. The zero-order valence-corrected chi connectivity index (χ0v) is 9.34. The third kappa shape index (κ3) is 2.44. The molecule has 1 aromatic carbocycles. The third-order valence-electron chi connectivity index (χ3n) is 2.45. The van der Waals surface area contributed by atoms with Crippen LogP contribution in [-0.4, -0.2) is 4.92 Å². The van der Waals surface area contributed by atoms with Crippen LogP contribution in [0.5, 0.6) is 0 Å². The van der Waals surface area contributed by atoms with E-state index in [0.717, 1.165) is 5.76 Å². The fourth-order valence-corrected chi connectivity index (χ4v) is 1.64. The minimum absolute atomic E-state index is 0.110. The summed E-state index contributed by atoms with van der Waals surface area (Å²) in [6.07, 6.45) is 1.57. The molecular weight excluding hydrogens is 220 g/mol. The SMILES string of the molecule is Cc1cccc(NCc2ccco2)c1[N+](=O)[O-]. The van der Waals surface area contributed by atoms with Gasteiger partial charge in [0.15, 0.2) is 0 Å². The number of furan rings is 1. The molecule has 5 nitrogen and oxygen atoms in total. The van der Waals surface area contributed by atoms with Crippen LogP contribution in [0.3, 0.4) is 0 Å². The summed E-state index contributed by atoms with van der Waals surface area (Å²) in [6.45, 7) is 2.15. The number of aryl methyl sites for hydroxylation is 1. The van der Waals surface area contributed by atoms with Crippen molar-refractivity contribution < 1.29 is 9.34 Å². The molecule has 5 heteroatoms. The summed E-state index contributed by atoms with van der Waals surface area (Å²) >= 11 is 0. The summed E-state index contributed by atoms with van der Waals surface area (Å²) in [5.41, 5.74) is 1.25. The standard InChI is InChI=1S/C12H12N2O3/c1-9-4-2-6-11(12(9)14(15)16)13-8-10-5-3-7-17-10/h2-7,13H,8H2,1H3. The smallest absolute Gasteiger partial charge is 0.295 e. The van der Waals surface area contributed by atoms with E-state index in [-0.39, 0.29) is 10.6 Å². The number of hydrogen-bond donors (Lipinski definition) is 1. The largest absolute Gasteiger partial charge is 0.467 e. The van der Waals surface area contributed by atoms with Crippen molar-refractivity contribution in [2.45, 2.75) is 13.5 Å². The first-order chi connectivity index (χ1) is 8.18. The Morgan fingerprint density at radius 1 is 1.35 bits per heavy atom. The van der Waals surface area contributed by atoms with Crippen molar-refractivity contribution >= 4 is 11.4 Å². The van der Waals surface area contributed by atoms with Crippen molar-refractivity contribution in [3.05, 3.63) is 58.0 Å². The zero-order valence-electron chi connectivity index (χ0n) is 9.34. The molecule has 0 fully saturated rings. The Morgan fingerprint density at radius 3 is 2.82 bits per heavy atom. The average Bonchev–Trinajstić information content (AvgIpc) is 2.78. The van der Waals surface area contributed by atoms with Crippen LogP contribution in [0.25, 0.3) is 0 Å². The maximum absolute atomic E-state index is 10.9. The Balaban J connectivity index is 2.21. The van der Waals surface area contributed by atoms with Crippen molar-refractivity contribution in [1.29, 1.82) is 0 Å². The van der Waals surface area contributed by atoms with Gasteiger partial charge in [0.2, 0.25) is 0 Å². The highest BCUT2D eigenvalue weighted by Crippen LogP contribution is 2.28. The van der Waals surface area contributed by atoms with Crippen LogP contribution >= 0.6 is 0 Å². The highest BCUT2D eigenvalue weighted by atomic mass is 16.6. The van der Waals surface area contributed by atoms with E-state index in [2.05, 4.69) is 5.32 Å². The van der Waals surface area contributed by atoms with E-state index in [1.165, 1.54) is 0 Å². The molecule has 17 heavy (non-hydrogen) atoms. The summed E-state index contributed by atoms with van der Waals surface area (Å²) < 4.78 is 5.15. The second kappa shape index (κ2) is 4.69. The Hall–Kier alpha value is -2.30. The van der Waals surface area contributed by atoms with Gasteiger partial charge in [0.1, 0.15) is 11.4 Å². The number of nitro groups is 1. The molecule has 0 saturated heterocycles. The van der Waals surface area contributed by atoms with Gasteiger partial charge in [0.05, 0.1) is 17.7 Å². The summed E-state index contributed by atoms with van der Waals surface area (Å²) in [5.74, 6) is 0.737. The molecule has 2 rings (SSSR count). The first-order valence-electron chi connectivity index (χ1n) is 5.19. The van der Waals surface area contributed by atoms with Crippen LogP contribution in [0.1, 0.15) is 11.3 Å². The fraction of sp³-hybridized carbons (Fsp3) is 0.167. The number of nitrogens with one attached hydrogen (secondary N) is 1. The molecule has 0 aliphatic heterocycles. The lowest BCUT2D eigenvalue weighted by Crippen LogP contribution is -2.03. The van der Waals surface area contributed by atoms with Gasteiger partial charge < -0.3 is 9.73 Å². The van der Waals surface area contributed by atoms with E-state index in [0.29, 0.717) is 17.8 Å². The van der Waals surface area contributed by atoms with Crippen molar-refractivity contribution in [1.82, 2.24) is 0 Å². The van der Waals surface area contributed by atoms with Gasteiger partial charge in [-0.1, -0.05) is 12.1 Å². The number of anilines is 1. The average molecular weight is 232 g/mol. The minimum atomic E-state index is -0.375. The summed E-state index contributed by atoms with van der Waals surface area (Å²) in [7, 11) is 0. The van der Waals surface area contributed by atoms with Gasteiger partial charge in [-0.3, -0.25) is 10.1 Å². The lowest BCUT2D eigenvalue weighted by Gasteiger charge is -2.06. The van der Waals surface area contributed by atoms with Crippen LogP contribution in [-0.2, 0) is 6.54 Å². The number of nitro benzene ring substituents is 1. The second-order valence-electron chi connectivity index (χ2n) is 3.66. The molecule has 1 N–H and O–H groups in total. The van der Waals surface area contributed by atoms with Crippen molar-refractivity contribution in [3.63, 3.8) is 0 Å². The monoisotopic (exact) mass is 232 g/mol. The normalized spacial score (nSPS) is 10.2. The quantitative estimate of drug-likeness (QED) is 0.649. The lowest BCUT2D eigenvalue weighted by molar-refractivity contribution is -0.384. The third-order valence-corrected chi connectivity index (χ3v) is 2.45. The molecule has 0 amide bonds. The zero-order chi connectivity index (χ0) is 12.3. The molecule has 0 aliphatic rings. The predicted molar refractivity (Wildman–Crippen MR) is 63.9 cm³/mol. The van der Waals surface area contributed by atoms with Crippen molar-refractivity contribution in [3.8, 4) is 0 Å². The molecule has 1 aromatic heterocycles. The van der Waals surface area contributed by atoms with E-state index in [1.807, 2.05) is 6.07 Å². The molecule has 0 saturated carbocycles. The number of benzene rings is 1. The molecule has 0 unspecified atom stereocenters. The number of para-hydroxylation sites is 1. The molecule has 2 aromatic rings. The Kier molecular flexibility index (Phi) is 3.09. The predicted octanol–water partition coefficient (Wildman–Crippen LogP) is 3.11. The molecule has 0 spiro atoms. The Labute approximate surface area is 98.2 Å². The molecule has 88 valence electrons. The van der Waals surface area contributed by atoms with Gasteiger partial charge in [-0.25, -0.2) is 0 Å². The number of hydrogen-bond acceptors (Lipinski definition) is 4. The Morgan fingerprint density at radius 2 is 2.18 bits per heavy atom. The van der Waals surface area contributed by atoms with Gasteiger partial charge in [-0.05, 0) is 25.1 Å². The first kappa shape index (κ1) is 11.2. The topological polar surface area (TPSA) is 68.3 Å². The lowest BCUT2D eigenvalue weighted by atomic mass is 10.1. The molecular formula is C12H12N2O3. The van der Waals surface area contributed by atoms with Gasteiger partial charge in [-0.2, -0.15) is 0 Å². The van der Waals surface area contributed by atoms with Gasteiger partial charge in [0.25, 0.3) is 5.69 Å².